The molecule has 0 aromatic carbocycles. The van der Waals surface area contributed by atoms with Crippen LogP contribution in [0.3, 0.4) is 0 Å². The van der Waals surface area contributed by atoms with E-state index in [-0.39, 0.29) is 18.6 Å². The first-order chi connectivity index (χ1) is 5.38. The number of hydrogen-bond donors (Lipinski definition) is 1. The van der Waals surface area contributed by atoms with Gasteiger partial charge in [-0.25, -0.2) is 0 Å². The molecule has 1 unspecified atom stereocenters. The van der Waals surface area contributed by atoms with Crippen LogP contribution in [0.5, 0.6) is 0 Å². The molecule has 0 saturated carbocycles. The summed E-state index contributed by atoms with van der Waals surface area (Å²) in [7, 11) is 0. The van der Waals surface area contributed by atoms with E-state index in [1.54, 1.807) is 6.61 Å². The second kappa shape index (κ2) is 2.79. The molecule has 0 aromatic rings. The van der Waals surface area contributed by atoms with Crippen LogP contribution >= 0.6 is 0 Å². The van der Waals surface area contributed by atoms with Crippen LogP contribution in [0.2, 0.25) is 0 Å². The van der Waals surface area contributed by atoms with Gasteiger partial charge in [-0.05, 0) is 0 Å². The second-order valence-corrected chi connectivity index (χ2v) is 2.81. The fourth-order valence-electron chi connectivity index (χ4n) is 1.47. The molecule has 0 aromatic heterocycles. The molecule has 2 rings (SSSR count). The van der Waals surface area contributed by atoms with Crippen LogP contribution in [0.15, 0.2) is 0 Å². The average Bonchev–Trinajstić information content (AvgIpc) is 2.06. The van der Waals surface area contributed by atoms with Crippen molar-refractivity contribution in [2.75, 3.05) is 26.2 Å². The van der Waals surface area contributed by atoms with Crippen LogP contribution in [-0.2, 0) is 9.53 Å². The molecule has 1 amide bonds. The minimum absolute atomic E-state index is 0.110. The standard InChI is InChI=1S/C7H11N2O2/c10-7-5-11-4-6-3-8-1-2-9(6)7/h4,6,8H,1-3,5H2. The maximum absolute atomic E-state index is 11.2. The molecule has 0 aliphatic carbocycles. The Labute approximate surface area is 65.5 Å². The first-order valence-corrected chi connectivity index (χ1v) is 3.83. The highest BCUT2D eigenvalue weighted by atomic mass is 16.5. The number of amides is 1. The van der Waals surface area contributed by atoms with Gasteiger partial charge in [-0.1, -0.05) is 0 Å². The number of fused-ring (bicyclic) bond motifs is 1. The molecule has 2 saturated heterocycles. The highest BCUT2D eigenvalue weighted by molar-refractivity contribution is 5.78. The summed E-state index contributed by atoms with van der Waals surface area (Å²) in [4.78, 5) is 13.0. The lowest BCUT2D eigenvalue weighted by Crippen LogP contribution is -2.57. The molecule has 4 nitrogen and oxygen atoms in total. The van der Waals surface area contributed by atoms with Gasteiger partial charge in [0, 0.05) is 19.6 Å². The molecule has 1 N–H and O–H groups in total. The van der Waals surface area contributed by atoms with Crippen molar-refractivity contribution < 1.29 is 9.53 Å². The van der Waals surface area contributed by atoms with Gasteiger partial charge in [0.1, 0.15) is 13.2 Å². The summed E-state index contributed by atoms with van der Waals surface area (Å²) in [5.41, 5.74) is 0. The molecule has 2 aliphatic heterocycles. The Kier molecular flexibility index (Phi) is 1.79. The maximum Gasteiger partial charge on any atom is 0.249 e. The van der Waals surface area contributed by atoms with Crippen LogP contribution in [0, 0.1) is 6.61 Å². The predicted octanol–water partition coefficient (Wildman–Crippen LogP) is -1.02. The molecule has 2 fully saturated rings. The van der Waals surface area contributed by atoms with E-state index in [0.29, 0.717) is 0 Å². The summed E-state index contributed by atoms with van der Waals surface area (Å²) >= 11 is 0. The van der Waals surface area contributed by atoms with E-state index in [9.17, 15) is 4.79 Å². The van der Waals surface area contributed by atoms with Crippen LogP contribution in [0.4, 0.5) is 0 Å². The van der Waals surface area contributed by atoms with Crippen molar-refractivity contribution in [3.63, 3.8) is 0 Å². The number of nitrogens with one attached hydrogen (secondary N) is 1. The van der Waals surface area contributed by atoms with Gasteiger partial charge in [0.2, 0.25) is 5.91 Å². The van der Waals surface area contributed by atoms with E-state index in [4.69, 9.17) is 4.74 Å². The largest absolute Gasteiger partial charge is 0.363 e. The fourth-order valence-corrected chi connectivity index (χ4v) is 1.47. The number of piperazine rings is 1. The molecule has 2 aliphatic rings. The van der Waals surface area contributed by atoms with Crippen molar-refractivity contribution in [2.24, 2.45) is 0 Å². The van der Waals surface area contributed by atoms with Gasteiger partial charge in [-0.3, -0.25) is 4.79 Å². The van der Waals surface area contributed by atoms with E-state index in [1.165, 1.54) is 0 Å². The molecule has 0 spiro atoms. The highest BCUT2D eigenvalue weighted by Crippen LogP contribution is 2.12. The summed E-state index contributed by atoms with van der Waals surface area (Å²) < 4.78 is 5.00. The van der Waals surface area contributed by atoms with Gasteiger partial charge in [-0.15, -0.1) is 0 Å². The number of carbonyl (C=O) groups excluding carboxylic acids is 1. The third-order valence-electron chi connectivity index (χ3n) is 2.06. The van der Waals surface area contributed by atoms with E-state index in [0.717, 1.165) is 19.6 Å². The van der Waals surface area contributed by atoms with Gasteiger partial charge in [0.15, 0.2) is 0 Å². The first-order valence-electron chi connectivity index (χ1n) is 3.83. The third-order valence-corrected chi connectivity index (χ3v) is 2.06. The number of carbonyl (C=O) groups is 1. The van der Waals surface area contributed by atoms with Crippen LogP contribution in [0.25, 0.3) is 0 Å². The van der Waals surface area contributed by atoms with Gasteiger partial charge >= 0.3 is 0 Å². The van der Waals surface area contributed by atoms with Crippen molar-refractivity contribution >= 4 is 5.91 Å². The summed E-state index contributed by atoms with van der Waals surface area (Å²) in [5, 5.41) is 3.20. The lowest BCUT2D eigenvalue weighted by molar-refractivity contribution is -0.144. The topological polar surface area (TPSA) is 41.6 Å². The second-order valence-electron chi connectivity index (χ2n) is 2.81. The van der Waals surface area contributed by atoms with E-state index in [1.807, 2.05) is 4.90 Å². The molecule has 0 bridgehead atoms. The Morgan fingerprint density at radius 3 is 3.45 bits per heavy atom. The Bertz CT molecular complexity index is 170. The predicted molar refractivity (Wildman–Crippen MR) is 38.6 cm³/mol. The molecular formula is C7H11N2O2. The van der Waals surface area contributed by atoms with Crippen LogP contribution in [-0.4, -0.2) is 43.1 Å². The van der Waals surface area contributed by atoms with Gasteiger partial charge in [0.05, 0.1) is 6.04 Å². The van der Waals surface area contributed by atoms with E-state index in [2.05, 4.69) is 5.32 Å². The first kappa shape index (κ1) is 7.06. The van der Waals surface area contributed by atoms with Crippen LogP contribution < -0.4 is 5.32 Å². The lowest BCUT2D eigenvalue weighted by atomic mass is 10.2. The molecule has 61 valence electrons. The minimum atomic E-state index is 0.110. The number of ether oxygens (including phenoxy) is 1. The Morgan fingerprint density at radius 2 is 2.64 bits per heavy atom. The SMILES string of the molecule is O=C1CO[CH]C2CNCCN12. The molecule has 1 atom stereocenters. The van der Waals surface area contributed by atoms with Gasteiger partial charge in [-0.2, -0.15) is 0 Å². The zero-order valence-corrected chi connectivity index (χ0v) is 6.25. The number of morpholine rings is 1. The normalized spacial score (nSPS) is 31.8. The Morgan fingerprint density at radius 1 is 1.73 bits per heavy atom. The van der Waals surface area contributed by atoms with Crippen molar-refractivity contribution in [1.82, 2.24) is 10.2 Å². The quantitative estimate of drug-likeness (QED) is 0.487. The smallest absolute Gasteiger partial charge is 0.249 e. The Hall–Kier alpha value is -0.610. The number of hydrogen-bond acceptors (Lipinski definition) is 3. The van der Waals surface area contributed by atoms with Crippen molar-refractivity contribution in [1.29, 1.82) is 0 Å². The maximum atomic E-state index is 11.2. The molecule has 2 heterocycles. The monoisotopic (exact) mass is 155 g/mol. The third kappa shape index (κ3) is 1.23. The van der Waals surface area contributed by atoms with Crippen molar-refractivity contribution in [2.45, 2.75) is 6.04 Å². The van der Waals surface area contributed by atoms with Crippen molar-refractivity contribution in [3.8, 4) is 0 Å². The number of rotatable bonds is 0. The molecule has 11 heavy (non-hydrogen) atoms. The van der Waals surface area contributed by atoms with Gasteiger partial charge < -0.3 is 15.0 Å². The fraction of sp³-hybridized carbons (Fsp3) is 0.714. The zero-order chi connectivity index (χ0) is 7.68. The zero-order valence-electron chi connectivity index (χ0n) is 6.25. The summed E-state index contributed by atoms with van der Waals surface area (Å²) in [6.45, 7) is 4.50. The van der Waals surface area contributed by atoms with Crippen LogP contribution in [0.1, 0.15) is 0 Å². The lowest BCUT2D eigenvalue weighted by Gasteiger charge is -2.38. The van der Waals surface area contributed by atoms with Gasteiger partial charge in [0.25, 0.3) is 0 Å². The Balaban J connectivity index is 2.05. The molecular weight excluding hydrogens is 144 g/mol. The summed E-state index contributed by atoms with van der Waals surface area (Å²) in [6.07, 6.45) is 0. The minimum Gasteiger partial charge on any atom is -0.363 e. The van der Waals surface area contributed by atoms with Crippen molar-refractivity contribution in [3.05, 3.63) is 6.61 Å². The average molecular weight is 155 g/mol. The van der Waals surface area contributed by atoms with E-state index >= 15 is 0 Å². The molecule has 4 heteroatoms. The summed E-state index contributed by atoms with van der Waals surface area (Å²) in [6, 6.07) is 0.157. The molecule has 1 radical (unpaired) electrons. The highest BCUT2D eigenvalue weighted by Gasteiger charge is 2.30. The summed E-state index contributed by atoms with van der Waals surface area (Å²) in [5.74, 6) is 0.110. The number of nitrogens with zero attached hydrogens (tertiary/aromatic N) is 1. The van der Waals surface area contributed by atoms with E-state index < -0.39 is 0 Å².